The average Bonchev–Trinajstić information content (AvgIpc) is 2.78. The number of carbonyl (C=O) groups excluding carboxylic acids is 1. The smallest absolute Gasteiger partial charge is 0.136 e. The van der Waals surface area contributed by atoms with E-state index in [1.54, 1.807) is 0 Å². The van der Waals surface area contributed by atoms with Gasteiger partial charge in [-0.05, 0) is 55.3 Å². The van der Waals surface area contributed by atoms with Crippen LogP contribution in [0.25, 0.3) is 0 Å². The SMILES string of the molecule is CCC(=O)CCCC=C[P+](c1ccccc1)(c1ccccc1)c1ccccc1.[I-]. The summed E-state index contributed by atoms with van der Waals surface area (Å²) in [7, 11) is -1.89. The normalized spacial score (nSPS) is 11.2. The largest absolute Gasteiger partial charge is 1.00 e. The maximum absolute atomic E-state index is 11.6. The van der Waals surface area contributed by atoms with E-state index in [1.807, 2.05) is 6.92 Å². The second-order valence-electron chi connectivity index (χ2n) is 6.90. The van der Waals surface area contributed by atoms with Crippen LogP contribution in [0, 0.1) is 0 Å². The van der Waals surface area contributed by atoms with Crippen LogP contribution in [0.4, 0.5) is 0 Å². The number of rotatable bonds is 9. The van der Waals surface area contributed by atoms with Gasteiger partial charge >= 0.3 is 0 Å². The van der Waals surface area contributed by atoms with Crippen LogP contribution in [0.15, 0.2) is 103 Å². The number of benzene rings is 3. The third-order valence-electron chi connectivity index (χ3n) is 5.04. The average molecular weight is 514 g/mol. The summed E-state index contributed by atoms with van der Waals surface area (Å²) in [6.45, 7) is 1.94. The number of ketones is 1. The molecule has 3 aromatic carbocycles. The van der Waals surface area contributed by atoms with Crippen molar-refractivity contribution < 1.29 is 28.8 Å². The van der Waals surface area contributed by atoms with Crippen molar-refractivity contribution in [1.29, 1.82) is 0 Å². The Morgan fingerprint density at radius 2 is 1.17 bits per heavy atom. The zero-order chi connectivity index (χ0) is 19.7. The van der Waals surface area contributed by atoms with E-state index in [4.69, 9.17) is 0 Å². The van der Waals surface area contributed by atoms with Gasteiger partial charge in [0.05, 0.1) is 5.82 Å². The van der Waals surface area contributed by atoms with Crippen LogP contribution in [0.1, 0.15) is 32.6 Å². The minimum Gasteiger partial charge on any atom is -1.00 e. The Morgan fingerprint density at radius 3 is 1.55 bits per heavy atom. The van der Waals surface area contributed by atoms with Crippen LogP contribution >= 0.6 is 7.26 Å². The number of hydrogen-bond donors (Lipinski definition) is 0. The monoisotopic (exact) mass is 514 g/mol. The highest BCUT2D eigenvalue weighted by molar-refractivity contribution is 7.98. The summed E-state index contributed by atoms with van der Waals surface area (Å²) in [6, 6.07) is 32.5. The lowest BCUT2D eigenvalue weighted by Crippen LogP contribution is -3.00. The van der Waals surface area contributed by atoms with E-state index in [9.17, 15) is 4.79 Å². The summed E-state index contributed by atoms with van der Waals surface area (Å²) < 4.78 is 0. The van der Waals surface area contributed by atoms with E-state index in [0.717, 1.165) is 12.8 Å². The van der Waals surface area contributed by atoms with Gasteiger partial charge in [0.25, 0.3) is 0 Å². The molecule has 0 aliphatic carbocycles. The van der Waals surface area contributed by atoms with E-state index in [2.05, 4.69) is 103 Å². The molecule has 0 N–H and O–H groups in total. The van der Waals surface area contributed by atoms with Gasteiger partial charge in [0, 0.05) is 12.8 Å². The van der Waals surface area contributed by atoms with E-state index in [1.165, 1.54) is 15.9 Å². The van der Waals surface area contributed by atoms with E-state index in [0.29, 0.717) is 18.6 Å². The third-order valence-corrected chi connectivity index (χ3v) is 9.04. The third kappa shape index (κ3) is 5.87. The number of unbranched alkanes of at least 4 members (excludes halogenated alkanes) is 1. The predicted octanol–water partition coefficient (Wildman–Crippen LogP) is 2.65. The van der Waals surface area contributed by atoms with Gasteiger partial charge in [0.1, 0.15) is 29.0 Å². The van der Waals surface area contributed by atoms with E-state index >= 15 is 0 Å². The summed E-state index contributed by atoms with van der Waals surface area (Å²) in [5.74, 6) is 2.78. The van der Waals surface area contributed by atoms with Crippen molar-refractivity contribution in [2.45, 2.75) is 32.6 Å². The van der Waals surface area contributed by atoms with Gasteiger partial charge in [-0.2, -0.15) is 0 Å². The predicted molar refractivity (Wildman–Crippen MR) is 123 cm³/mol. The fourth-order valence-electron chi connectivity index (χ4n) is 3.52. The molecule has 150 valence electrons. The summed E-state index contributed by atoms with van der Waals surface area (Å²) >= 11 is 0. The zero-order valence-corrected chi connectivity index (χ0v) is 19.9. The minimum absolute atomic E-state index is 0. The molecule has 3 rings (SSSR count). The zero-order valence-electron chi connectivity index (χ0n) is 16.9. The first-order valence-electron chi connectivity index (χ1n) is 10.0. The molecule has 0 saturated heterocycles. The molecule has 1 nitrogen and oxygen atoms in total. The van der Waals surface area contributed by atoms with Crippen LogP contribution < -0.4 is 39.9 Å². The molecule has 0 saturated carbocycles. The molecule has 0 aliphatic rings. The molecule has 3 aromatic rings. The van der Waals surface area contributed by atoms with Crippen molar-refractivity contribution >= 4 is 29.0 Å². The fourth-order valence-corrected chi connectivity index (χ4v) is 7.32. The van der Waals surface area contributed by atoms with Crippen molar-refractivity contribution in [2.24, 2.45) is 0 Å². The molecule has 0 aromatic heterocycles. The molecule has 0 fully saturated rings. The molecule has 0 spiro atoms. The Hall–Kier alpha value is -1.77. The van der Waals surface area contributed by atoms with Crippen LogP contribution in [-0.4, -0.2) is 5.78 Å². The van der Waals surface area contributed by atoms with Gasteiger partial charge in [-0.15, -0.1) is 0 Å². The van der Waals surface area contributed by atoms with Crippen molar-refractivity contribution in [3.05, 3.63) is 103 Å². The molecule has 0 radical (unpaired) electrons. The molecule has 0 unspecified atom stereocenters. The van der Waals surface area contributed by atoms with Crippen molar-refractivity contribution in [1.82, 2.24) is 0 Å². The van der Waals surface area contributed by atoms with Crippen molar-refractivity contribution in [2.75, 3.05) is 0 Å². The highest BCUT2D eigenvalue weighted by Gasteiger charge is 2.42. The number of halogens is 1. The fraction of sp³-hybridized carbons (Fsp3) is 0.192. The molecule has 0 atom stereocenters. The van der Waals surface area contributed by atoms with Gasteiger partial charge in [-0.3, -0.25) is 4.79 Å². The second-order valence-corrected chi connectivity index (χ2v) is 10.2. The first-order valence-corrected chi connectivity index (χ1v) is 11.9. The summed E-state index contributed by atoms with van der Waals surface area (Å²) in [5.41, 5.74) is 0. The molecule has 0 aliphatic heterocycles. The molecule has 0 bridgehead atoms. The Labute approximate surface area is 192 Å². The Bertz CT molecular complexity index is 795. The lowest BCUT2D eigenvalue weighted by molar-refractivity contribution is -0.118. The highest BCUT2D eigenvalue weighted by Crippen LogP contribution is 2.56. The van der Waals surface area contributed by atoms with Gasteiger partial charge in [-0.25, -0.2) is 0 Å². The summed E-state index contributed by atoms with van der Waals surface area (Å²) in [5, 5.41) is 4.06. The number of hydrogen-bond acceptors (Lipinski definition) is 1. The highest BCUT2D eigenvalue weighted by atomic mass is 127. The second kappa shape index (κ2) is 12.0. The maximum Gasteiger partial charge on any atom is 0.136 e. The summed E-state index contributed by atoms with van der Waals surface area (Å²) in [4.78, 5) is 11.6. The molecular formula is C26H28IOP. The lowest BCUT2D eigenvalue weighted by atomic mass is 10.1. The standard InChI is InChI=1S/C26H28OP.HI/c1-2-23(27)15-7-6-14-22-28(24-16-8-3-9-17-24,25-18-10-4-11-19-25)26-20-12-5-13-21-26;/h3-5,8-14,16-22H,2,6-7,15H2,1H3;1H/q+1;/p-1. The molecule has 3 heteroatoms. The quantitative estimate of drug-likeness (QED) is 0.244. The van der Waals surface area contributed by atoms with E-state index in [-0.39, 0.29) is 24.0 Å². The van der Waals surface area contributed by atoms with Gasteiger partial charge in [0.15, 0.2) is 0 Å². The van der Waals surface area contributed by atoms with Crippen molar-refractivity contribution in [3.8, 4) is 0 Å². The number of Topliss-reactive ketones (excluding diaryl/α,β-unsaturated/α-hetero) is 1. The van der Waals surface area contributed by atoms with Gasteiger partial charge in [-0.1, -0.05) is 61.5 Å². The topological polar surface area (TPSA) is 17.1 Å². The number of allylic oxidation sites excluding steroid dienone is 1. The number of carbonyl (C=O) groups is 1. The van der Waals surface area contributed by atoms with Gasteiger partial charge < -0.3 is 24.0 Å². The maximum atomic E-state index is 11.6. The first kappa shape index (κ1) is 23.5. The summed E-state index contributed by atoms with van der Waals surface area (Å²) in [6.07, 6.45) is 5.46. The first-order chi connectivity index (χ1) is 13.8. The molecular weight excluding hydrogens is 486 g/mol. The van der Waals surface area contributed by atoms with Crippen LogP contribution in [-0.2, 0) is 4.79 Å². The minimum atomic E-state index is -1.89. The Kier molecular flexibility index (Phi) is 9.76. The molecule has 0 heterocycles. The van der Waals surface area contributed by atoms with Crippen LogP contribution in [0.5, 0.6) is 0 Å². The van der Waals surface area contributed by atoms with Crippen molar-refractivity contribution in [3.63, 3.8) is 0 Å². The van der Waals surface area contributed by atoms with Crippen LogP contribution in [0.2, 0.25) is 0 Å². The molecule has 0 amide bonds. The van der Waals surface area contributed by atoms with Crippen LogP contribution in [0.3, 0.4) is 0 Å². The van der Waals surface area contributed by atoms with Gasteiger partial charge in [0.2, 0.25) is 0 Å². The lowest BCUT2D eigenvalue weighted by Gasteiger charge is -2.24. The molecule has 29 heavy (non-hydrogen) atoms. The Balaban J connectivity index is 0.00000300. The van der Waals surface area contributed by atoms with E-state index < -0.39 is 7.26 Å². The Morgan fingerprint density at radius 1 is 0.759 bits per heavy atom.